The van der Waals surface area contributed by atoms with Crippen molar-refractivity contribution in [1.29, 1.82) is 0 Å². The van der Waals surface area contributed by atoms with Gasteiger partial charge in [0.15, 0.2) is 5.76 Å². The molecule has 1 aromatic carbocycles. The molecule has 2 N–H and O–H groups in total. The van der Waals surface area contributed by atoms with Crippen molar-refractivity contribution >= 4 is 11.7 Å². The Morgan fingerprint density at radius 2 is 2.14 bits per heavy atom. The summed E-state index contributed by atoms with van der Waals surface area (Å²) in [6.07, 6.45) is 1.96. The summed E-state index contributed by atoms with van der Waals surface area (Å²) in [6, 6.07) is 4.27. The number of hydrogen-bond acceptors (Lipinski definition) is 5. The molecule has 1 aliphatic heterocycles. The van der Waals surface area contributed by atoms with Crippen molar-refractivity contribution in [3.05, 3.63) is 41.0 Å². The van der Waals surface area contributed by atoms with Gasteiger partial charge in [-0.2, -0.15) is 0 Å². The van der Waals surface area contributed by atoms with Crippen LogP contribution in [0.1, 0.15) is 29.9 Å². The molecule has 1 aromatic heterocycles. The molecule has 0 spiro atoms. The second kappa shape index (κ2) is 9.05. The normalized spacial score (nSPS) is 14.7. The fourth-order valence-corrected chi connectivity index (χ4v) is 3.45. The molecule has 0 aliphatic carbocycles. The van der Waals surface area contributed by atoms with Gasteiger partial charge in [-0.1, -0.05) is 5.16 Å². The largest absolute Gasteiger partial charge is 0.497 e. The third kappa shape index (κ3) is 4.81. The number of piperidine rings is 1. The fourth-order valence-electron chi connectivity index (χ4n) is 3.45. The predicted molar refractivity (Wildman–Crippen MR) is 104 cm³/mol. The number of hydrogen-bond donors (Lipinski definition) is 2. The van der Waals surface area contributed by atoms with Gasteiger partial charge in [0.05, 0.1) is 13.7 Å². The van der Waals surface area contributed by atoms with Gasteiger partial charge < -0.3 is 24.8 Å². The standard InChI is InChI=1S/C20H27FN4O3/c1-13-19(14(2)28-24-13)23-20(26)25(11-15-6-8-22-9-7-15)12-16-10-17(27-3)4-5-18(16)21/h4-5,10,15,22H,6-9,11-12H2,1-3H3,(H,23,26). The first-order valence-electron chi connectivity index (χ1n) is 9.50. The van der Waals surface area contributed by atoms with Crippen LogP contribution in [-0.2, 0) is 6.54 Å². The Morgan fingerprint density at radius 1 is 1.39 bits per heavy atom. The maximum atomic E-state index is 14.4. The fraction of sp³-hybridized carbons (Fsp3) is 0.500. The van der Waals surface area contributed by atoms with Crippen LogP contribution in [0.5, 0.6) is 5.75 Å². The third-order valence-electron chi connectivity index (χ3n) is 5.10. The van der Waals surface area contributed by atoms with Crippen molar-refractivity contribution in [2.24, 2.45) is 5.92 Å². The average molecular weight is 390 g/mol. The number of rotatable bonds is 6. The Morgan fingerprint density at radius 3 is 2.79 bits per heavy atom. The van der Waals surface area contributed by atoms with Crippen LogP contribution in [0.15, 0.2) is 22.7 Å². The topological polar surface area (TPSA) is 79.6 Å². The minimum absolute atomic E-state index is 0.155. The van der Waals surface area contributed by atoms with E-state index in [0.717, 1.165) is 25.9 Å². The zero-order valence-electron chi connectivity index (χ0n) is 16.5. The van der Waals surface area contributed by atoms with Gasteiger partial charge in [0.2, 0.25) is 0 Å². The maximum Gasteiger partial charge on any atom is 0.322 e. The highest BCUT2D eigenvalue weighted by Crippen LogP contribution is 2.23. The number of anilines is 1. The van der Waals surface area contributed by atoms with Gasteiger partial charge in [0.1, 0.15) is 22.9 Å². The van der Waals surface area contributed by atoms with Gasteiger partial charge >= 0.3 is 6.03 Å². The second-order valence-corrected chi connectivity index (χ2v) is 7.16. The summed E-state index contributed by atoms with van der Waals surface area (Å²) < 4.78 is 24.7. The number of nitrogens with one attached hydrogen (secondary N) is 2. The molecular formula is C20H27FN4O3. The van der Waals surface area contributed by atoms with Gasteiger partial charge in [-0.25, -0.2) is 9.18 Å². The third-order valence-corrected chi connectivity index (χ3v) is 5.10. The molecule has 2 aromatic rings. The van der Waals surface area contributed by atoms with Crippen LogP contribution in [0.4, 0.5) is 14.9 Å². The summed E-state index contributed by atoms with van der Waals surface area (Å²) in [7, 11) is 1.54. The number of ether oxygens (including phenoxy) is 1. The number of benzene rings is 1. The molecule has 0 bridgehead atoms. The Kier molecular flexibility index (Phi) is 6.51. The maximum absolute atomic E-state index is 14.4. The lowest BCUT2D eigenvalue weighted by molar-refractivity contribution is 0.188. The van der Waals surface area contributed by atoms with Crippen LogP contribution in [0.25, 0.3) is 0 Å². The van der Waals surface area contributed by atoms with Gasteiger partial charge in [-0.15, -0.1) is 0 Å². The number of carbonyl (C=O) groups is 1. The second-order valence-electron chi connectivity index (χ2n) is 7.16. The van der Waals surface area contributed by atoms with Gasteiger partial charge in [0, 0.05) is 12.1 Å². The quantitative estimate of drug-likeness (QED) is 0.790. The molecule has 1 fully saturated rings. The smallest absolute Gasteiger partial charge is 0.322 e. The summed E-state index contributed by atoms with van der Waals surface area (Å²) in [5.41, 5.74) is 1.59. The van der Waals surface area contributed by atoms with E-state index in [-0.39, 0.29) is 18.4 Å². The van der Waals surface area contributed by atoms with Crippen LogP contribution in [-0.4, -0.2) is 42.8 Å². The number of aryl methyl sites for hydroxylation is 2. The Labute approximate surface area is 164 Å². The SMILES string of the molecule is COc1ccc(F)c(CN(CC2CCNCC2)C(=O)Nc2c(C)noc2C)c1. The van der Waals surface area contributed by atoms with Crippen LogP contribution in [0, 0.1) is 25.6 Å². The van der Waals surface area contributed by atoms with Crippen molar-refractivity contribution in [3.8, 4) is 5.75 Å². The first kappa shape index (κ1) is 20.1. The molecular weight excluding hydrogens is 363 g/mol. The number of nitrogens with zero attached hydrogens (tertiary/aromatic N) is 2. The molecule has 2 amide bonds. The van der Waals surface area contributed by atoms with Crippen molar-refractivity contribution < 1.29 is 18.4 Å². The molecule has 0 radical (unpaired) electrons. The molecule has 28 heavy (non-hydrogen) atoms. The van der Waals surface area contributed by atoms with E-state index in [0.29, 0.717) is 40.9 Å². The van der Waals surface area contributed by atoms with Crippen LogP contribution in [0.2, 0.25) is 0 Å². The zero-order valence-corrected chi connectivity index (χ0v) is 16.5. The monoisotopic (exact) mass is 390 g/mol. The van der Waals surface area contributed by atoms with Crippen molar-refractivity contribution in [1.82, 2.24) is 15.4 Å². The summed E-state index contributed by atoms with van der Waals surface area (Å²) in [6.45, 7) is 6.07. The Hall–Kier alpha value is -2.61. The number of methoxy groups -OCH3 is 1. The molecule has 0 atom stereocenters. The van der Waals surface area contributed by atoms with E-state index in [1.165, 1.54) is 13.2 Å². The number of amides is 2. The lowest BCUT2D eigenvalue weighted by Crippen LogP contribution is -2.41. The highest BCUT2D eigenvalue weighted by atomic mass is 19.1. The molecule has 7 nitrogen and oxygen atoms in total. The Bertz CT molecular complexity index is 798. The first-order valence-corrected chi connectivity index (χ1v) is 9.50. The highest BCUT2D eigenvalue weighted by molar-refractivity contribution is 5.90. The molecule has 1 aliphatic rings. The lowest BCUT2D eigenvalue weighted by Gasteiger charge is -2.30. The van der Waals surface area contributed by atoms with Gasteiger partial charge in [0.25, 0.3) is 0 Å². The summed E-state index contributed by atoms with van der Waals surface area (Å²) in [5.74, 6) is 1.11. The summed E-state index contributed by atoms with van der Waals surface area (Å²) in [5, 5.41) is 10.1. The van der Waals surface area contributed by atoms with E-state index < -0.39 is 0 Å². The number of carbonyl (C=O) groups excluding carboxylic acids is 1. The van der Waals surface area contributed by atoms with Crippen LogP contribution >= 0.6 is 0 Å². The van der Waals surface area contributed by atoms with Crippen molar-refractivity contribution in [3.63, 3.8) is 0 Å². The number of aromatic nitrogens is 1. The van der Waals surface area contributed by atoms with E-state index in [9.17, 15) is 9.18 Å². The first-order chi connectivity index (χ1) is 13.5. The van der Waals surface area contributed by atoms with Crippen molar-refractivity contribution in [2.45, 2.75) is 33.2 Å². The minimum atomic E-state index is -0.360. The molecule has 1 saturated heterocycles. The molecule has 3 rings (SSSR count). The summed E-state index contributed by atoms with van der Waals surface area (Å²) >= 11 is 0. The number of halogens is 1. The van der Waals surface area contributed by atoms with E-state index in [4.69, 9.17) is 9.26 Å². The Balaban J connectivity index is 1.80. The molecule has 0 saturated carbocycles. The van der Waals surface area contributed by atoms with Crippen LogP contribution < -0.4 is 15.4 Å². The van der Waals surface area contributed by atoms with E-state index in [1.807, 2.05) is 0 Å². The van der Waals surface area contributed by atoms with Crippen LogP contribution in [0.3, 0.4) is 0 Å². The van der Waals surface area contributed by atoms with Crippen molar-refractivity contribution in [2.75, 3.05) is 32.1 Å². The van der Waals surface area contributed by atoms with E-state index in [2.05, 4.69) is 15.8 Å². The molecule has 152 valence electrons. The minimum Gasteiger partial charge on any atom is -0.497 e. The van der Waals surface area contributed by atoms with E-state index >= 15 is 0 Å². The predicted octanol–water partition coefficient (Wildman–Crippen LogP) is 3.47. The summed E-state index contributed by atoms with van der Waals surface area (Å²) in [4.78, 5) is 14.7. The molecule has 8 heteroatoms. The molecule has 2 heterocycles. The van der Waals surface area contributed by atoms with E-state index in [1.54, 1.807) is 30.9 Å². The highest BCUT2D eigenvalue weighted by Gasteiger charge is 2.24. The van der Waals surface area contributed by atoms with Gasteiger partial charge in [-0.3, -0.25) is 0 Å². The zero-order chi connectivity index (χ0) is 20.1. The lowest BCUT2D eigenvalue weighted by atomic mass is 9.97. The van der Waals surface area contributed by atoms with Gasteiger partial charge in [-0.05, 0) is 63.9 Å². The average Bonchev–Trinajstić information content (AvgIpc) is 3.01. The number of urea groups is 1. The molecule has 0 unspecified atom stereocenters.